The summed E-state index contributed by atoms with van der Waals surface area (Å²) in [7, 11) is 1.74. The molecule has 1 aliphatic carbocycles. The SMILES string of the molecule is C=C(C)C(O)OC1(C(C)CC)CCC(OC)C1. The van der Waals surface area contributed by atoms with Crippen LogP contribution in [0.5, 0.6) is 0 Å². The van der Waals surface area contributed by atoms with Crippen LogP contribution in [0.1, 0.15) is 46.5 Å². The van der Waals surface area contributed by atoms with Gasteiger partial charge < -0.3 is 14.6 Å². The highest BCUT2D eigenvalue weighted by Crippen LogP contribution is 2.42. The van der Waals surface area contributed by atoms with Gasteiger partial charge in [-0.1, -0.05) is 26.8 Å². The molecule has 1 aliphatic rings. The zero-order valence-electron chi connectivity index (χ0n) is 11.5. The van der Waals surface area contributed by atoms with Crippen LogP contribution >= 0.6 is 0 Å². The summed E-state index contributed by atoms with van der Waals surface area (Å²) in [5, 5.41) is 9.89. The van der Waals surface area contributed by atoms with Crippen LogP contribution in [0.4, 0.5) is 0 Å². The van der Waals surface area contributed by atoms with Crippen LogP contribution in [0.25, 0.3) is 0 Å². The van der Waals surface area contributed by atoms with Gasteiger partial charge in [0.05, 0.1) is 11.7 Å². The molecule has 3 heteroatoms. The normalized spacial score (nSPS) is 32.4. The minimum atomic E-state index is -0.861. The molecular weight excluding hydrogens is 216 g/mol. The molecule has 1 rings (SSSR count). The summed E-state index contributed by atoms with van der Waals surface area (Å²) in [6, 6.07) is 0. The van der Waals surface area contributed by atoms with Gasteiger partial charge in [0, 0.05) is 13.5 Å². The number of methoxy groups -OCH3 is 1. The van der Waals surface area contributed by atoms with Gasteiger partial charge in [-0.3, -0.25) is 0 Å². The first kappa shape index (κ1) is 14.7. The molecule has 0 spiro atoms. The molecule has 0 heterocycles. The van der Waals surface area contributed by atoms with Gasteiger partial charge in [-0.05, 0) is 31.3 Å². The highest BCUT2D eigenvalue weighted by molar-refractivity contribution is 4.99. The molecule has 17 heavy (non-hydrogen) atoms. The molecule has 1 N–H and O–H groups in total. The Kier molecular flexibility index (Phi) is 5.17. The molecule has 3 nitrogen and oxygen atoms in total. The minimum absolute atomic E-state index is 0.251. The number of hydrogen-bond acceptors (Lipinski definition) is 3. The van der Waals surface area contributed by atoms with Gasteiger partial charge >= 0.3 is 0 Å². The fourth-order valence-corrected chi connectivity index (χ4v) is 2.56. The van der Waals surface area contributed by atoms with Crippen LogP contribution in [-0.2, 0) is 9.47 Å². The fraction of sp³-hybridized carbons (Fsp3) is 0.857. The number of ether oxygens (including phenoxy) is 2. The standard InChI is InChI=1S/C14H26O3/c1-6-11(4)14(17-13(15)10(2)3)8-7-12(9-14)16-5/h11-13,15H,2,6-9H2,1,3-5H3. The number of hydrogen-bond donors (Lipinski definition) is 1. The zero-order chi connectivity index (χ0) is 13.1. The third-order valence-corrected chi connectivity index (χ3v) is 4.07. The van der Waals surface area contributed by atoms with Crippen LogP contribution in [-0.4, -0.2) is 30.2 Å². The van der Waals surface area contributed by atoms with Crippen LogP contribution in [0, 0.1) is 5.92 Å². The van der Waals surface area contributed by atoms with Crippen molar-refractivity contribution in [2.45, 2.75) is 64.4 Å². The van der Waals surface area contributed by atoms with Crippen molar-refractivity contribution in [3.8, 4) is 0 Å². The first-order valence-electron chi connectivity index (χ1n) is 6.49. The molecule has 4 unspecified atom stereocenters. The van der Waals surface area contributed by atoms with Gasteiger partial charge in [-0.15, -0.1) is 0 Å². The molecule has 1 saturated carbocycles. The van der Waals surface area contributed by atoms with E-state index in [0.29, 0.717) is 11.5 Å². The first-order chi connectivity index (χ1) is 7.95. The summed E-state index contributed by atoms with van der Waals surface area (Å²) in [6.07, 6.45) is 3.25. The Morgan fingerprint density at radius 1 is 1.59 bits per heavy atom. The van der Waals surface area contributed by atoms with E-state index in [-0.39, 0.29) is 11.7 Å². The number of aliphatic hydroxyl groups is 1. The van der Waals surface area contributed by atoms with Gasteiger partial charge in [-0.25, -0.2) is 0 Å². The summed E-state index contributed by atoms with van der Waals surface area (Å²) in [5.74, 6) is 0.414. The Morgan fingerprint density at radius 3 is 2.65 bits per heavy atom. The van der Waals surface area contributed by atoms with E-state index in [1.807, 2.05) is 0 Å². The highest BCUT2D eigenvalue weighted by Gasteiger charge is 2.45. The molecule has 0 bridgehead atoms. The zero-order valence-corrected chi connectivity index (χ0v) is 11.5. The Bertz CT molecular complexity index is 264. The summed E-state index contributed by atoms with van der Waals surface area (Å²) < 4.78 is 11.3. The molecule has 0 aromatic rings. The first-order valence-corrected chi connectivity index (χ1v) is 6.49. The van der Waals surface area contributed by atoms with E-state index < -0.39 is 6.29 Å². The average molecular weight is 242 g/mol. The van der Waals surface area contributed by atoms with Crippen molar-refractivity contribution in [1.82, 2.24) is 0 Å². The summed E-state index contributed by atoms with van der Waals surface area (Å²) in [5.41, 5.74) is 0.405. The predicted octanol–water partition coefficient (Wildman–Crippen LogP) is 2.88. The lowest BCUT2D eigenvalue weighted by Gasteiger charge is -2.37. The lowest BCUT2D eigenvalue weighted by atomic mass is 9.85. The van der Waals surface area contributed by atoms with E-state index in [1.165, 1.54) is 0 Å². The van der Waals surface area contributed by atoms with Crippen LogP contribution in [0.3, 0.4) is 0 Å². The van der Waals surface area contributed by atoms with Crippen molar-refractivity contribution >= 4 is 0 Å². The van der Waals surface area contributed by atoms with Crippen molar-refractivity contribution < 1.29 is 14.6 Å². The Labute approximate surface area is 105 Å². The van der Waals surface area contributed by atoms with Gasteiger partial charge in [0.2, 0.25) is 0 Å². The van der Waals surface area contributed by atoms with Crippen molar-refractivity contribution in [3.63, 3.8) is 0 Å². The van der Waals surface area contributed by atoms with E-state index in [4.69, 9.17) is 9.47 Å². The van der Waals surface area contributed by atoms with Gasteiger partial charge in [-0.2, -0.15) is 0 Å². The minimum Gasteiger partial charge on any atom is -0.381 e. The quantitative estimate of drug-likeness (QED) is 0.575. The van der Waals surface area contributed by atoms with Crippen molar-refractivity contribution in [1.29, 1.82) is 0 Å². The van der Waals surface area contributed by atoms with Crippen LogP contribution in [0.2, 0.25) is 0 Å². The molecule has 1 fully saturated rings. The van der Waals surface area contributed by atoms with Gasteiger partial charge in [0.25, 0.3) is 0 Å². The van der Waals surface area contributed by atoms with E-state index >= 15 is 0 Å². The topological polar surface area (TPSA) is 38.7 Å². The molecule has 0 aromatic heterocycles. The highest BCUT2D eigenvalue weighted by atomic mass is 16.6. The summed E-state index contributed by atoms with van der Waals surface area (Å²) >= 11 is 0. The second kappa shape index (κ2) is 5.98. The Morgan fingerprint density at radius 2 is 2.24 bits per heavy atom. The molecule has 0 aliphatic heterocycles. The fourth-order valence-electron chi connectivity index (χ4n) is 2.56. The Hall–Kier alpha value is -0.380. The maximum Gasteiger partial charge on any atom is 0.177 e. The lowest BCUT2D eigenvalue weighted by Crippen LogP contribution is -2.41. The third-order valence-electron chi connectivity index (χ3n) is 4.07. The van der Waals surface area contributed by atoms with Gasteiger partial charge in [0.1, 0.15) is 0 Å². The van der Waals surface area contributed by atoms with Gasteiger partial charge in [0.15, 0.2) is 6.29 Å². The van der Waals surface area contributed by atoms with E-state index in [9.17, 15) is 5.11 Å². The molecule has 0 amide bonds. The van der Waals surface area contributed by atoms with Crippen molar-refractivity contribution in [3.05, 3.63) is 12.2 Å². The Balaban J connectivity index is 2.77. The van der Waals surface area contributed by atoms with Crippen LogP contribution < -0.4 is 0 Å². The molecule has 0 aromatic carbocycles. The number of rotatable bonds is 6. The van der Waals surface area contributed by atoms with E-state index in [0.717, 1.165) is 25.7 Å². The maximum atomic E-state index is 9.89. The lowest BCUT2D eigenvalue weighted by molar-refractivity contribution is -0.187. The molecular formula is C14H26O3. The summed E-state index contributed by atoms with van der Waals surface area (Å²) in [6.45, 7) is 9.88. The predicted molar refractivity (Wildman–Crippen MR) is 68.7 cm³/mol. The third kappa shape index (κ3) is 3.30. The molecule has 100 valence electrons. The largest absolute Gasteiger partial charge is 0.381 e. The second-order valence-electron chi connectivity index (χ2n) is 5.29. The van der Waals surface area contributed by atoms with E-state index in [1.54, 1.807) is 14.0 Å². The molecule has 4 atom stereocenters. The monoisotopic (exact) mass is 242 g/mol. The molecule has 0 saturated heterocycles. The van der Waals surface area contributed by atoms with E-state index in [2.05, 4.69) is 20.4 Å². The average Bonchev–Trinajstić information content (AvgIpc) is 2.72. The smallest absolute Gasteiger partial charge is 0.177 e. The number of aliphatic hydroxyl groups excluding tert-OH is 1. The van der Waals surface area contributed by atoms with Crippen molar-refractivity contribution in [2.24, 2.45) is 5.92 Å². The second-order valence-corrected chi connectivity index (χ2v) is 5.29. The van der Waals surface area contributed by atoms with Crippen LogP contribution in [0.15, 0.2) is 12.2 Å². The summed E-state index contributed by atoms with van der Waals surface area (Å²) in [4.78, 5) is 0. The van der Waals surface area contributed by atoms with Crippen molar-refractivity contribution in [2.75, 3.05) is 7.11 Å². The maximum absolute atomic E-state index is 9.89. The molecule has 0 radical (unpaired) electrons.